The first-order chi connectivity index (χ1) is 8.95. The maximum Gasteiger partial charge on any atom is 0.315 e. The molecule has 4 nitrogen and oxygen atoms in total. The van der Waals surface area contributed by atoms with Gasteiger partial charge in [0.05, 0.1) is 18.5 Å². The van der Waals surface area contributed by atoms with Crippen LogP contribution in [0.15, 0.2) is 18.2 Å². The van der Waals surface area contributed by atoms with E-state index >= 15 is 0 Å². The van der Waals surface area contributed by atoms with Crippen LogP contribution in [-0.4, -0.2) is 28.5 Å². The fourth-order valence-corrected chi connectivity index (χ4v) is 1.69. The van der Waals surface area contributed by atoms with Gasteiger partial charge >= 0.3 is 5.97 Å². The Balaban J connectivity index is 2.53. The summed E-state index contributed by atoms with van der Waals surface area (Å²) in [5.41, 5.74) is 0.378. The summed E-state index contributed by atoms with van der Waals surface area (Å²) in [4.78, 5) is 10.9. The van der Waals surface area contributed by atoms with Crippen LogP contribution in [0.5, 0.6) is 5.75 Å². The summed E-state index contributed by atoms with van der Waals surface area (Å²) >= 11 is 3.77. The summed E-state index contributed by atoms with van der Waals surface area (Å²) in [5, 5.41) is 19.1. The molecule has 0 aliphatic heterocycles. The average molecular weight is 288 g/mol. The normalized spacial score (nSPS) is 13.9. The van der Waals surface area contributed by atoms with E-state index in [4.69, 9.17) is 9.84 Å². The van der Waals surface area contributed by atoms with Crippen molar-refractivity contribution in [3.8, 4) is 5.75 Å². The Bertz CT molecular complexity index is 439. The number of hydrogen-bond donors (Lipinski definition) is 3. The number of rotatable bonds is 6. The van der Waals surface area contributed by atoms with E-state index in [9.17, 15) is 14.3 Å². The number of aliphatic hydroxyl groups is 1. The zero-order valence-corrected chi connectivity index (χ0v) is 11.4. The van der Waals surface area contributed by atoms with Crippen molar-refractivity contribution in [1.29, 1.82) is 0 Å². The van der Waals surface area contributed by atoms with E-state index < -0.39 is 23.6 Å². The van der Waals surface area contributed by atoms with Crippen molar-refractivity contribution in [1.82, 2.24) is 0 Å². The molecule has 106 valence electrons. The van der Waals surface area contributed by atoms with Gasteiger partial charge in [-0.2, -0.15) is 12.6 Å². The lowest BCUT2D eigenvalue weighted by Gasteiger charge is -2.19. The van der Waals surface area contributed by atoms with Crippen molar-refractivity contribution in [2.24, 2.45) is 5.92 Å². The fourth-order valence-electron chi connectivity index (χ4n) is 1.60. The van der Waals surface area contributed by atoms with E-state index in [0.29, 0.717) is 12.0 Å². The van der Waals surface area contributed by atoms with Gasteiger partial charge in [-0.15, -0.1) is 0 Å². The molecule has 6 heteroatoms. The predicted molar refractivity (Wildman–Crippen MR) is 71.6 cm³/mol. The Morgan fingerprint density at radius 2 is 2.21 bits per heavy atom. The molecular formula is C13H17FO4S. The number of carbonyl (C=O) groups excluding carboxylic acids is 1. The van der Waals surface area contributed by atoms with Gasteiger partial charge in [0.2, 0.25) is 0 Å². The molecule has 0 spiro atoms. The van der Waals surface area contributed by atoms with E-state index in [1.54, 1.807) is 6.92 Å². The van der Waals surface area contributed by atoms with Crippen LogP contribution < -0.4 is 0 Å². The van der Waals surface area contributed by atoms with E-state index in [2.05, 4.69) is 12.6 Å². The third kappa shape index (κ3) is 4.72. The number of halogens is 1. The molecule has 0 saturated heterocycles. The molecule has 1 aromatic rings. The lowest BCUT2D eigenvalue weighted by Crippen LogP contribution is -2.14. The summed E-state index contributed by atoms with van der Waals surface area (Å²) in [6.07, 6.45) is -0.437. The number of carbonyl (C=O) groups is 1. The number of aromatic hydroxyl groups is 1. The minimum Gasteiger partial charge on any atom is -0.505 e. The zero-order valence-electron chi connectivity index (χ0n) is 10.5. The molecule has 0 amide bonds. The molecule has 2 atom stereocenters. The fraction of sp³-hybridized carbons (Fsp3) is 0.462. The Morgan fingerprint density at radius 1 is 1.53 bits per heavy atom. The largest absolute Gasteiger partial charge is 0.505 e. The summed E-state index contributed by atoms with van der Waals surface area (Å²) < 4.78 is 18.0. The number of esters is 1. The lowest BCUT2D eigenvalue weighted by molar-refractivity contribution is -0.141. The molecule has 1 aromatic carbocycles. The smallest absolute Gasteiger partial charge is 0.315 e. The van der Waals surface area contributed by atoms with Gasteiger partial charge in [0.1, 0.15) is 0 Å². The Labute approximate surface area is 116 Å². The number of thiol groups is 1. The second-order valence-electron chi connectivity index (χ2n) is 4.30. The molecule has 0 heterocycles. The number of ether oxygens (including phenoxy) is 1. The second-order valence-corrected chi connectivity index (χ2v) is 4.62. The van der Waals surface area contributed by atoms with Gasteiger partial charge in [-0.05, 0) is 30.0 Å². The molecule has 2 N–H and O–H groups in total. The SMILES string of the molecule is C[C@@H](CCOC(=O)CS)[C@H](O)c1ccc(O)c(F)c1. The molecular weight excluding hydrogens is 271 g/mol. The van der Waals surface area contributed by atoms with E-state index in [1.807, 2.05) is 0 Å². The summed E-state index contributed by atoms with van der Waals surface area (Å²) in [5.74, 6) is -1.84. The lowest BCUT2D eigenvalue weighted by atomic mass is 9.95. The Kier molecular flexibility index (Phi) is 6.11. The molecule has 19 heavy (non-hydrogen) atoms. The highest BCUT2D eigenvalue weighted by Crippen LogP contribution is 2.27. The number of benzene rings is 1. The van der Waals surface area contributed by atoms with Crippen molar-refractivity contribution in [2.75, 3.05) is 12.4 Å². The topological polar surface area (TPSA) is 66.8 Å². The highest BCUT2D eigenvalue weighted by atomic mass is 32.1. The molecule has 0 bridgehead atoms. The minimum atomic E-state index is -0.884. The van der Waals surface area contributed by atoms with Gasteiger partial charge in [0, 0.05) is 0 Å². The molecule has 0 radical (unpaired) electrons. The predicted octanol–water partition coefficient (Wildman–Crippen LogP) is 2.06. The molecule has 0 saturated carbocycles. The standard InChI is InChI=1S/C13H17FO4S/c1-8(4-5-18-12(16)7-19)13(17)9-2-3-11(15)10(14)6-9/h2-3,6,8,13,15,17,19H,4-5,7H2,1H3/t8-,13-/m0/s1. The molecule has 0 aliphatic rings. The van der Waals surface area contributed by atoms with Crippen LogP contribution in [-0.2, 0) is 9.53 Å². The summed E-state index contributed by atoms with van der Waals surface area (Å²) in [6.45, 7) is 1.95. The van der Waals surface area contributed by atoms with Crippen molar-refractivity contribution >= 4 is 18.6 Å². The van der Waals surface area contributed by atoms with Crippen LogP contribution in [0.3, 0.4) is 0 Å². The second kappa shape index (κ2) is 7.35. The number of aliphatic hydroxyl groups excluding tert-OH is 1. The van der Waals surface area contributed by atoms with Gasteiger partial charge in [0.15, 0.2) is 11.6 Å². The van der Waals surface area contributed by atoms with Gasteiger partial charge in [0.25, 0.3) is 0 Å². The molecule has 0 fully saturated rings. The Hall–Kier alpha value is -1.27. The summed E-state index contributed by atoms with van der Waals surface area (Å²) in [7, 11) is 0. The highest BCUT2D eigenvalue weighted by Gasteiger charge is 2.18. The van der Waals surface area contributed by atoms with E-state index in [1.165, 1.54) is 12.1 Å². The quantitative estimate of drug-likeness (QED) is 0.554. The van der Waals surface area contributed by atoms with Gasteiger partial charge in [-0.25, -0.2) is 4.39 Å². The van der Waals surface area contributed by atoms with Crippen LogP contribution in [0.2, 0.25) is 0 Å². The molecule has 0 unspecified atom stereocenters. The van der Waals surface area contributed by atoms with Gasteiger partial charge in [-0.1, -0.05) is 13.0 Å². The monoisotopic (exact) mass is 288 g/mol. The van der Waals surface area contributed by atoms with Crippen LogP contribution in [0.1, 0.15) is 25.0 Å². The Morgan fingerprint density at radius 3 is 2.79 bits per heavy atom. The van der Waals surface area contributed by atoms with Crippen molar-refractivity contribution in [3.05, 3.63) is 29.6 Å². The number of hydrogen-bond acceptors (Lipinski definition) is 5. The van der Waals surface area contributed by atoms with Crippen molar-refractivity contribution < 1.29 is 24.1 Å². The van der Waals surface area contributed by atoms with Gasteiger partial charge in [-0.3, -0.25) is 4.79 Å². The van der Waals surface area contributed by atoms with Gasteiger partial charge < -0.3 is 14.9 Å². The first-order valence-corrected chi connectivity index (χ1v) is 6.52. The maximum absolute atomic E-state index is 13.2. The van der Waals surface area contributed by atoms with Crippen molar-refractivity contribution in [3.63, 3.8) is 0 Å². The van der Waals surface area contributed by atoms with E-state index in [-0.39, 0.29) is 18.3 Å². The minimum absolute atomic E-state index is 0.0140. The van der Waals surface area contributed by atoms with Crippen LogP contribution in [0, 0.1) is 11.7 Å². The number of phenols is 1. The van der Waals surface area contributed by atoms with Crippen LogP contribution in [0.25, 0.3) is 0 Å². The molecule has 0 aromatic heterocycles. The van der Waals surface area contributed by atoms with Crippen molar-refractivity contribution in [2.45, 2.75) is 19.4 Å². The zero-order chi connectivity index (χ0) is 14.4. The first kappa shape index (κ1) is 15.8. The highest BCUT2D eigenvalue weighted by molar-refractivity contribution is 7.81. The molecule has 0 aliphatic carbocycles. The summed E-state index contributed by atoms with van der Waals surface area (Å²) in [6, 6.07) is 3.75. The third-order valence-electron chi connectivity index (χ3n) is 2.82. The molecule has 1 rings (SSSR count). The third-order valence-corrected chi connectivity index (χ3v) is 3.08. The average Bonchev–Trinajstić information content (AvgIpc) is 2.40. The first-order valence-electron chi connectivity index (χ1n) is 5.88. The van der Waals surface area contributed by atoms with Crippen LogP contribution in [0.4, 0.5) is 4.39 Å². The van der Waals surface area contributed by atoms with E-state index in [0.717, 1.165) is 6.07 Å². The number of phenolic OH excluding ortho intramolecular Hbond substituents is 1. The maximum atomic E-state index is 13.2. The van der Waals surface area contributed by atoms with Crippen LogP contribution >= 0.6 is 12.6 Å².